The molecule has 2 aliphatic carbocycles. The summed E-state index contributed by atoms with van der Waals surface area (Å²) >= 11 is 0. The molecule has 0 aliphatic heterocycles. The molecule has 0 unspecified atom stereocenters. The van der Waals surface area contributed by atoms with Gasteiger partial charge in [-0.05, 0) is 56.7 Å². The number of benzene rings is 1. The van der Waals surface area contributed by atoms with Crippen LogP contribution in [0.25, 0.3) is 11.0 Å². The van der Waals surface area contributed by atoms with Crippen LogP contribution in [0.3, 0.4) is 0 Å². The Labute approximate surface area is 124 Å². The highest BCUT2D eigenvalue weighted by atomic mass is 16.2. The number of carbonyl (C=O) groups is 1. The molecule has 2 aliphatic rings. The molecule has 1 N–H and O–H groups in total. The Morgan fingerprint density at radius 3 is 2.62 bits per heavy atom. The molecule has 0 spiro atoms. The van der Waals surface area contributed by atoms with Gasteiger partial charge in [0, 0.05) is 12.0 Å². The number of amides is 1. The Hall–Kier alpha value is -1.84. The van der Waals surface area contributed by atoms with Crippen molar-refractivity contribution in [3.8, 4) is 0 Å². The van der Waals surface area contributed by atoms with E-state index in [1.165, 1.54) is 31.2 Å². The molecule has 110 valence electrons. The number of hydrogen-bond donors (Lipinski definition) is 1. The summed E-state index contributed by atoms with van der Waals surface area (Å²) in [5.41, 5.74) is 3.37. The van der Waals surface area contributed by atoms with Gasteiger partial charge in [0.1, 0.15) is 0 Å². The topological polar surface area (TPSA) is 46.9 Å². The van der Waals surface area contributed by atoms with Gasteiger partial charge in [-0.1, -0.05) is 12.5 Å². The van der Waals surface area contributed by atoms with Crippen LogP contribution in [0, 0.1) is 12.8 Å². The molecule has 2 saturated carbocycles. The molecule has 0 radical (unpaired) electrons. The third-order valence-electron chi connectivity index (χ3n) is 5.00. The quantitative estimate of drug-likeness (QED) is 0.931. The normalized spacial score (nSPS) is 19.3. The van der Waals surface area contributed by atoms with Gasteiger partial charge in [-0.3, -0.25) is 10.1 Å². The van der Waals surface area contributed by atoms with Crippen molar-refractivity contribution in [3.63, 3.8) is 0 Å². The Kier molecular flexibility index (Phi) is 2.98. The number of aryl methyl sites for hydroxylation is 1. The minimum atomic E-state index is 0.147. The molecular weight excluding hydrogens is 262 g/mol. The molecule has 1 aromatic carbocycles. The van der Waals surface area contributed by atoms with Gasteiger partial charge in [0.15, 0.2) is 0 Å². The molecule has 0 atom stereocenters. The van der Waals surface area contributed by atoms with Crippen molar-refractivity contribution in [1.29, 1.82) is 0 Å². The van der Waals surface area contributed by atoms with Crippen molar-refractivity contribution >= 4 is 22.9 Å². The summed E-state index contributed by atoms with van der Waals surface area (Å²) < 4.78 is 2.25. The van der Waals surface area contributed by atoms with Gasteiger partial charge in [-0.2, -0.15) is 0 Å². The monoisotopic (exact) mass is 283 g/mol. The van der Waals surface area contributed by atoms with Crippen LogP contribution in [0.4, 0.5) is 5.95 Å². The smallest absolute Gasteiger partial charge is 0.229 e. The van der Waals surface area contributed by atoms with Crippen LogP contribution >= 0.6 is 0 Å². The summed E-state index contributed by atoms with van der Waals surface area (Å²) in [6.45, 7) is 2.10. The van der Waals surface area contributed by atoms with E-state index in [0.717, 1.165) is 29.8 Å². The van der Waals surface area contributed by atoms with E-state index in [1.807, 2.05) is 0 Å². The molecule has 0 saturated heterocycles. The summed E-state index contributed by atoms with van der Waals surface area (Å²) in [6, 6.07) is 6.81. The Balaban J connectivity index is 1.73. The minimum absolute atomic E-state index is 0.147. The third-order valence-corrected chi connectivity index (χ3v) is 5.00. The van der Waals surface area contributed by atoms with Gasteiger partial charge < -0.3 is 4.57 Å². The number of imidazole rings is 1. The van der Waals surface area contributed by atoms with Crippen LogP contribution in [-0.4, -0.2) is 15.5 Å². The van der Waals surface area contributed by atoms with E-state index < -0.39 is 0 Å². The lowest BCUT2D eigenvalue weighted by atomic mass is 9.85. The van der Waals surface area contributed by atoms with Crippen LogP contribution in [0.15, 0.2) is 18.2 Å². The average Bonchev–Trinajstić information content (AvgIpc) is 2.63. The number of carbonyl (C=O) groups excluding carboxylic acids is 1. The molecule has 4 heteroatoms. The second-order valence-electron chi connectivity index (χ2n) is 6.50. The largest absolute Gasteiger partial charge is 0.307 e. The van der Waals surface area contributed by atoms with Crippen LogP contribution in [0.1, 0.15) is 50.1 Å². The van der Waals surface area contributed by atoms with Crippen molar-refractivity contribution in [2.45, 2.75) is 51.5 Å². The Bertz CT molecular complexity index is 695. The zero-order valence-corrected chi connectivity index (χ0v) is 12.4. The zero-order chi connectivity index (χ0) is 14.4. The summed E-state index contributed by atoms with van der Waals surface area (Å²) in [5.74, 6) is 1.09. The highest BCUT2D eigenvalue weighted by Gasteiger charge is 2.29. The maximum absolute atomic E-state index is 12.3. The van der Waals surface area contributed by atoms with Gasteiger partial charge in [0.2, 0.25) is 11.9 Å². The zero-order valence-electron chi connectivity index (χ0n) is 12.4. The molecule has 2 aromatic rings. The van der Waals surface area contributed by atoms with Crippen molar-refractivity contribution in [2.75, 3.05) is 5.32 Å². The maximum atomic E-state index is 12.3. The second-order valence-corrected chi connectivity index (χ2v) is 6.50. The Morgan fingerprint density at radius 1 is 1.24 bits per heavy atom. The van der Waals surface area contributed by atoms with Crippen LogP contribution in [-0.2, 0) is 4.79 Å². The lowest BCUT2D eigenvalue weighted by Crippen LogP contribution is -2.30. The van der Waals surface area contributed by atoms with E-state index >= 15 is 0 Å². The fraction of sp³-hybridized carbons (Fsp3) is 0.529. The molecule has 0 bridgehead atoms. The minimum Gasteiger partial charge on any atom is -0.307 e. The van der Waals surface area contributed by atoms with Gasteiger partial charge >= 0.3 is 0 Å². The lowest BCUT2D eigenvalue weighted by Gasteiger charge is -2.30. The number of nitrogens with one attached hydrogen (secondary N) is 1. The number of fused-ring (bicyclic) bond motifs is 1. The summed E-state index contributed by atoms with van der Waals surface area (Å²) in [6.07, 6.45) is 6.86. The van der Waals surface area contributed by atoms with E-state index in [-0.39, 0.29) is 11.8 Å². The van der Waals surface area contributed by atoms with Gasteiger partial charge in [0.05, 0.1) is 11.0 Å². The number of hydrogen-bond acceptors (Lipinski definition) is 2. The summed E-state index contributed by atoms with van der Waals surface area (Å²) in [7, 11) is 0. The summed E-state index contributed by atoms with van der Waals surface area (Å²) in [5, 5.41) is 3.08. The molecule has 4 rings (SSSR count). The molecule has 4 nitrogen and oxygen atoms in total. The van der Waals surface area contributed by atoms with Crippen molar-refractivity contribution < 1.29 is 4.79 Å². The van der Waals surface area contributed by atoms with Crippen molar-refractivity contribution in [2.24, 2.45) is 5.92 Å². The van der Waals surface area contributed by atoms with Crippen molar-refractivity contribution in [3.05, 3.63) is 23.8 Å². The first kappa shape index (κ1) is 12.9. The Morgan fingerprint density at radius 2 is 2.00 bits per heavy atom. The third kappa shape index (κ3) is 2.13. The lowest BCUT2D eigenvalue weighted by molar-refractivity contribution is -0.122. The van der Waals surface area contributed by atoms with Gasteiger partial charge in [0.25, 0.3) is 0 Å². The molecular formula is C17H21N3O. The van der Waals surface area contributed by atoms with Crippen LogP contribution in [0.2, 0.25) is 0 Å². The fourth-order valence-electron chi connectivity index (χ4n) is 3.19. The number of rotatable bonds is 3. The first-order valence-electron chi connectivity index (χ1n) is 8.02. The first-order chi connectivity index (χ1) is 10.2. The number of aromatic nitrogens is 2. The highest BCUT2D eigenvalue weighted by Crippen LogP contribution is 2.38. The molecule has 1 heterocycles. The number of anilines is 1. The van der Waals surface area contributed by atoms with Gasteiger partial charge in [-0.15, -0.1) is 0 Å². The highest BCUT2D eigenvalue weighted by molar-refractivity contribution is 5.93. The second kappa shape index (κ2) is 4.86. The standard InChI is InChI=1S/C17H21N3O/c1-11-8-9-14-15(10-11)20(13-6-3-7-13)17(18-14)19-16(21)12-4-2-5-12/h8-10,12-13H,2-7H2,1H3,(H,18,19,21). The van der Waals surface area contributed by atoms with Gasteiger partial charge in [-0.25, -0.2) is 4.98 Å². The van der Waals surface area contributed by atoms with E-state index in [4.69, 9.17) is 0 Å². The molecule has 2 fully saturated rings. The predicted octanol–water partition coefficient (Wildman–Crippen LogP) is 3.81. The number of nitrogens with zero attached hydrogens (tertiary/aromatic N) is 2. The summed E-state index contributed by atoms with van der Waals surface area (Å²) in [4.78, 5) is 16.9. The average molecular weight is 283 g/mol. The maximum Gasteiger partial charge on any atom is 0.229 e. The SMILES string of the molecule is Cc1ccc2nc(NC(=O)C3CCC3)n(C3CCC3)c2c1. The van der Waals surface area contributed by atoms with E-state index in [0.29, 0.717) is 6.04 Å². The molecule has 1 aromatic heterocycles. The van der Waals surface area contributed by atoms with E-state index in [2.05, 4.69) is 40.0 Å². The first-order valence-corrected chi connectivity index (χ1v) is 8.02. The van der Waals surface area contributed by atoms with E-state index in [1.54, 1.807) is 0 Å². The predicted molar refractivity (Wildman–Crippen MR) is 83.3 cm³/mol. The van der Waals surface area contributed by atoms with Crippen LogP contribution in [0.5, 0.6) is 0 Å². The fourth-order valence-corrected chi connectivity index (χ4v) is 3.19. The molecule has 1 amide bonds. The van der Waals surface area contributed by atoms with Crippen molar-refractivity contribution in [1.82, 2.24) is 9.55 Å². The van der Waals surface area contributed by atoms with Crippen LogP contribution < -0.4 is 5.32 Å². The molecule has 21 heavy (non-hydrogen) atoms. The van der Waals surface area contributed by atoms with E-state index in [9.17, 15) is 4.79 Å².